The second-order valence-electron chi connectivity index (χ2n) is 33.4. The van der Waals surface area contributed by atoms with Gasteiger partial charge in [-0.3, -0.25) is 24.5 Å². The topological polar surface area (TPSA) is 295 Å². The summed E-state index contributed by atoms with van der Waals surface area (Å²) in [6.45, 7) is 9.04. The van der Waals surface area contributed by atoms with E-state index >= 15 is 0 Å². The number of carbonyl (C=O) groups is 5. The van der Waals surface area contributed by atoms with Crippen LogP contribution in [0.25, 0.3) is 66.3 Å². The first-order chi connectivity index (χ1) is 55.7. The summed E-state index contributed by atoms with van der Waals surface area (Å²) in [5, 5.41) is 19.0. The van der Waals surface area contributed by atoms with Crippen LogP contribution in [0, 0.1) is 35.5 Å². The van der Waals surface area contributed by atoms with Crippen LogP contribution < -0.4 is 20.1 Å². The van der Waals surface area contributed by atoms with Crippen LogP contribution in [0.3, 0.4) is 0 Å². The number of aromatic nitrogens is 4. The number of hydrogen-bond acceptors (Lipinski definition) is 18. The van der Waals surface area contributed by atoms with E-state index in [2.05, 4.69) is 79.9 Å². The number of nitrogens with zero attached hydrogens (tertiary/aromatic N) is 7. The smallest absolute Gasteiger partial charge is 0.410 e. The Morgan fingerprint density at radius 2 is 1.03 bits per heavy atom. The maximum atomic E-state index is 14.1. The minimum absolute atomic E-state index is 0.0838. The standard InChI is InChI=1S/C48H57F2N7O9.C39H42F2N4O5/c1-24(2)41(54-47(60)63-6)44(58)56-20-27(22-66-46(49)50)12-38(56)36-16-33-32-17-40-34(15-28(32)9-11-35(33)52-36)31-10-8-29(14-30(31)23-65-40)37-18-51-43(53-37)39-13-26(21-62-5)19-57(39)45(59)42(25(3)4)55-48(61)64-7;1-39(2,3)50-38(47)45-17-22(19-49-37(40)41)11-34(45)32-14-29-28-15-35-30(13-23(28)7-9-31(29)43-32)27-8-6-24(12-26(27)20-48-35)33-16-42-36(44-33)25-5-4-21(10-25)18-46/h8-11,14-15,17-18,24-27,38-39,41-42,46H,12-13,16,19-23H2,1-7H3,(H,51,53)(H,54,60)(H,55,61);6-9,12-13,15-16,21-22,25,34,37,46H,4-5,10-11,14,17-20H2,1-3H3,(H,42,44)/t26-,27-,38-,39-,41-,42-;21-,22+,25+,34+/m01/s1. The lowest BCUT2D eigenvalue weighted by atomic mass is 9.90. The summed E-state index contributed by atoms with van der Waals surface area (Å²) >= 11 is 0. The number of benzene rings is 6. The van der Waals surface area contributed by atoms with Crippen molar-refractivity contribution in [3.8, 4) is 56.3 Å². The number of amides is 5. The van der Waals surface area contributed by atoms with Gasteiger partial charge in [0.25, 0.3) is 0 Å². The third-order valence-corrected chi connectivity index (χ3v) is 23.8. The van der Waals surface area contributed by atoms with Gasteiger partial charge in [0.2, 0.25) is 11.8 Å². The fourth-order valence-corrected chi connectivity index (χ4v) is 18.1. The quantitative estimate of drug-likeness (QED) is 0.0330. The van der Waals surface area contributed by atoms with Crippen molar-refractivity contribution >= 4 is 74.4 Å². The number of alkyl halides is 4. The highest BCUT2D eigenvalue weighted by atomic mass is 19.3. The number of fused-ring (bicyclic) bond motifs is 12. The van der Waals surface area contributed by atoms with Gasteiger partial charge in [-0.25, -0.2) is 24.4 Å². The lowest BCUT2D eigenvalue weighted by Gasteiger charge is -2.31. The van der Waals surface area contributed by atoms with Crippen LogP contribution in [-0.2, 0) is 64.1 Å². The van der Waals surface area contributed by atoms with Crippen molar-refractivity contribution < 1.29 is 84.5 Å². The van der Waals surface area contributed by atoms with Crippen molar-refractivity contribution in [3.05, 3.63) is 131 Å². The third kappa shape index (κ3) is 16.8. The number of aromatic amines is 2. The molecule has 116 heavy (non-hydrogen) atoms. The summed E-state index contributed by atoms with van der Waals surface area (Å²) in [7, 11) is 4.14. The molecule has 8 aliphatic rings. The zero-order valence-corrected chi connectivity index (χ0v) is 66.7. The van der Waals surface area contributed by atoms with E-state index < -0.39 is 55.2 Å². The Morgan fingerprint density at radius 1 is 0.560 bits per heavy atom. The molecule has 0 radical (unpaired) electrons. The molecule has 2 aromatic heterocycles. The molecule has 614 valence electrons. The number of nitrogens with one attached hydrogen (secondary N) is 4. The number of halogens is 4. The SMILES string of the molecule is CC(C)(C)OC(=O)N1C[C@@H](COC(F)F)C[C@H]1C1=Nc2ccc3cc4c(cc3c2C1)OCc1cc(-c2cnc([C@H]3CC[C@@H](CO)C3)[nH]2)ccc1-4.COC[C@H]1C[C@@H](c2ncc(-c3ccc4c(c3)COc3cc5c6c(ccc5cc3-4)N=C([C@@H]3C[C@H](COC(F)F)CN3C(=O)[C@@H](NC(=O)OC)C(C)C)C6)[nH]2)N(C(=O)[C@@H](NC(=O)OC)C(C)C)C1. The molecule has 9 heterocycles. The number of hydrogen-bond donors (Lipinski definition) is 5. The van der Waals surface area contributed by atoms with E-state index in [1.165, 1.54) is 14.2 Å². The molecule has 0 spiro atoms. The molecule has 5 amide bonds. The Morgan fingerprint density at radius 3 is 1.49 bits per heavy atom. The maximum Gasteiger partial charge on any atom is 0.410 e. The highest BCUT2D eigenvalue weighted by Crippen LogP contribution is 2.49. The molecule has 10 atom stereocenters. The van der Waals surface area contributed by atoms with Crippen molar-refractivity contribution in [3.63, 3.8) is 0 Å². The van der Waals surface area contributed by atoms with Gasteiger partial charge in [-0.15, -0.1) is 0 Å². The molecule has 5 N–H and O–H groups in total. The van der Waals surface area contributed by atoms with E-state index in [0.29, 0.717) is 76.1 Å². The molecular weight excluding hydrogens is 1500 g/mol. The first kappa shape index (κ1) is 80.7. The zero-order chi connectivity index (χ0) is 81.7. The lowest BCUT2D eigenvalue weighted by Crippen LogP contribution is -2.53. The van der Waals surface area contributed by atoms with Gasteiger partial charge in [-0.1, -0.05) is 64.1 Å². The number of methoxy groups -OCH3 is 3. The minimum Gasteiger partial charge on any atom is -0.488 e. The van der Waals surface area contributed by atoms with E-state index in [-0.39, 0.29) is 86.4 Å². The summed E-state index contributed by atoms with van der Waals surface area (Å²) in [4.78, 5) is 97.3. The fourth-order valence-electron chi connectivity index (χ4n) is 18.1. The molecule has 29 heteroatoms. The fraction of sp³-hybridized carbons (Fsp3) is 0.483. The molecule has 16 rings (SSSR count). The van der Waals surface area contributed by atoms with E-state index in [9.17, 15) is 46.6 Å². The number of ether oxygens (including phenoxy) is 8. The van der Waals surface area contributed by atoms with Gasteiger partial charge in [0, 0.05) is 92.4 Å². The van der Waals surface area contributed by atoms with Gasteiger partial charge < -0.3 is 73.4 Å². The predicted molar refractivity (Wildman–Crippen MR) is 426 cm³/mol. The van der Waals surface area contributed by atoms with Gasteiger partial charge in [0.15, 0.2) is 0 Å². The van der Waals surface area contributed by atoms with E-state index in [1.54, 1.807) is 28.0 Å². The van der Waals surface area contributed by atoms with Gasteiger partial charge in [0.05, 0.1) is 87.3 Å². The largest absolute Gasteiger partial charge is 0.488 e. The Labute approximate surface area is 669 Å². The predicted octanol–water partition coefficient (Wildman–Crippen LogP) is 15.3. The van der Waals surface area contributed by atoms with Crippen LogP contribution in [0.5, 0.6) is 11.5 Å². The summed E-state index contributed by atoms with van der Waals surface area (Å²) in [6.07, 6.45) is 7.31. The maximum absolute atomic E-state index is 14.1. The summed E-state index contributed by atoms with van der Waals surface area (Å²) < 4.78 is 94.9. The van der Waals surface area contributed by atoms with Crippen molar-refractivity contribution in [2.45, 2.75) is 168 Å². The van der Waals surface area contributed by atoms with Gasteiger partial charge in [-0.05, 0) is 192 Å². The number of carbonyl (C=O) groups excluding carboxylic acids is 5. The zero-order valence-electron chi connectivity index (χ0n) is 66.7. The first-order valence-corrected chi connectivity index (χ1v) is 39.9. The van der Waals surface area contributed by atoms with Crippen molar-refractivity contribution in [2.24, 2.45) is 45.5 Å². The normalized spacial score (nSPS) is 21.6. The van der Waals surface area contributed by atoms with Gasteiger partial charge in [0.1, 0.15) is 54.0 Å². The number of H-pyrrole nitrogens is 2. The molecule has 1 aliphatic carbocycles. The van der Waals surface area contributed by atoms with Gasteiger partial charge >= 0.3 is 31.5 Å². The molecule has 6 aromatic carbocycles. The molecule has 0 bridgehead atoms. The number of aliphatic imine (C=N–C) groups is 2. The number of rotatable bonds is 21. The Hall–Kier alpha value is -10.5. The van der Waals surface area contributed by atoms with Crippen LogP contribution in [0.4, 0.5) is 43.3 Å². The molecule has 3 saturated heterocycles. The molecule has 4 fully saturated rings. The number of alkyl carbamates (subject to hydrolysis) is 2. The third-order valence-electron chi connectivity index (χ3n) is 23.8. The Balaban J connectivity index is 0.000000189. The highest BCUT2D eigenvalue weighted by molar-refractivity contribution is 6.08. The van der Waals surface area contributed by atoms with Gasteiger partial charge in [-0.2, -0.15) is 17.6 Å². The first-order valence-electron chi connectivity index (χ1n) is 39.9. The van der Waals surface area contributed by atoms with Crippen LogP contribution in [-0.4, -0.2) is 192 Å². The second-order valence-corrected chi connectivity index (χ2v) is 33.4. The monoisotopic (exact) mass is 1600 g/mol. The van der Waals surface area contributed by atoms with E-state index in [4.69, 9.17) is 53.1 Å². The number of aliphatic hydroxyl groups excluding tert-OH is 1. The van der Waals surface area contributed by atoms with Crippen LogP contribution in [0.15, 0.2) is 107 Å². The number of imidazole rings is 2. The average molecular weight is 1600 g/mol. The van der Waals surface area contributed by atoms with E-state index in [1.807, 2.05) is 85.0 Å². The molecular formula is C87H99F4N11O14. The molecule has 0 unspecified atom stereocenters. The Bertz CT molecular complexity index is 5140. The average Bonchev–Trinajstić information content (AvgIpc) is 1.51. The van der Waals surface area contributed by atoms with Crippen LogP contribution in [0.2, 0.25) is 0 Å². The highest BCUT2D eigenvalue weighted by Gasteiger charge is 2.46. The minimum atomic E-state index is -2.93. The summed E-state index contributed by atoms with van der Waals surface area (Å²) in [6, 6.07) is 26.3. The van der Waals surface area contributed by atoms with Crippen molar-refractivity contribution in [2.75, 3.05) is 67.4 Å². The second kappa shape index (κ2) is 33.6. The van der Waals surface area contributed by atoms with Crippen LogP contribution >= 0.6 is 0 Å². The Kier molecular flexibility index (Phi) is 23.4. The number of aliphatic hydroxyl groups is 1. The molecule has 8 aromatic rings. The van der Waals surface area contributed by atoms with Crippen molar-refractivity contribution in [1.29, 1.82) is 0 Å². The number of likely N-dealkylation sites (tertiary alicyclic amines) is 3. The summed E-state index contributed by atoms with van der Waals surface area (Å²) in [5.74, 6) is 2.36. The van der Waals surface area contributed by atoms with Crippen molar-refractivity contribution in [1.82, 2.24) is 45.3 Å². The molecule has 1 saturated carbocycles. The lowest BCUT2D eigenvalue weighted by molar-refractivity contribution is -0.139. The molecule has 25 nitrogen and oxygen atoms in total. The summed E-state index contributed by atoms with van der Waals surface area (Å²) in [5.41, 5.74) is 14.5. The molecule has 7 aliphatic heterocycles. The van der Waals surface area contributed by atoms with E-state index in [0.717, 1.165) is 148 Å². The van der Waals surface area contributed by atoms with Crippen LogP contribution in [0.1, 0.15) is 133 Å².